The quantitative estimate of drug-likeness (QED) is 0.301. The summed E-state index contributed by atoms with van der Waals surface area (Å²) in [6.45, 7) is 11.6. The molecule has 1 unspecified atom stereocenters. The molecule has 0 spiro atoms. The van der Waals surface area contributed by atoms with Crippen molar-refractivity contribution in [1.29, 1.82) is 0 Å². The van der Waals surface area contributed by atoms with Crippen LogP contribution in [-0.4, -0.2) is 10.9 Å². The van der Waals surface area contributed by atoms with Crippen LogP contribution < -0.4 is 0 Å². The fourth-order valence-corrected chi connectivity index (χ4v) is 1.28. The van der Waals surface area contributed by atoms with Crippen molar-refractivity contribution in [3.63, 3.8) is 0 Å². The van der Waals surface area contributed by atoms with E-state index in [4.69, 9.17) is 5.26 Å². The van der Waals surface area contributed by atoms with Crippen LogP contribution in [0.3, 0.4) is 0 Å². The molecule has 0 aromatic rings. The van der Waals surface area contributed by atoms with E-state index >= 15 is 0 Å². The lowest BCUT2D eigenvalue weighted by Gasteiger charge is -2.21. The second-order valence-electron chi connectivity index (χ2n) is 4.70. The van der Waals surface area contributed by atoms with Crippen molar-refractivity contribution in [2.45, 2.75) is 46.1 Å². The fourth-order valence-electron chi connectivity index (χ4n) is 1.28. The van der Waals surface area contributed by atoms with Gasteiger partial charge in [0, 0.05) is 0 Å². The van der Waals surface area contributed by atoms with Gasteiger partial charge in [0.1, 0.15) is 5.60 Å². The maximum Gasteiger partial charge on any atom is 0.119 e. The molecule has 1 atom stereocenters. The Labute approximate surface area is 105 Å². The minimum atomic E-state index is -0.635. The van der Waals surface area contributed by atoms with Gasteiger partial charge in [-0.2, -0.15) is 0 Å². The standard InChI is InChI=1S/C15H24O2/c1-6-14(4)10-8-12-15(5,17-16)11-7-9-13(2)3/h6,8-10,12,16H,1,7,11H2,2-5H3/b12-8+,14-10-. The molecule has 1 N–H and O–H groups in total. The number of hydrogen-bond donors (Lipinski definition) is 1. The lowest BCUT2D eigenvalue weighted by molar-refractivity contribution is -0.303. The van der Waals surface area contributed by atoms with Crippen LogP contribution in [-0.2, 0) is 4.89 Å². The summed E-state index contributed by atoms with van der Waals surface area (Å²) in [5, 5.41) is 8.96. The molecule has 0 aromatic heterocycles. The largest absolute Gasteiger partial charge is 0.251 e. The van der Waals surface area contributed by atoms with Gasteiger partial charge in [0.05, 0.1) is 0 Å². The van der Waals surface area contributed by atoms with Gasteiger partial charge in [0.25, 0.3) is 0 Å². The predicted molar refractivity (Wildman–Crippen MR) is 73.9 cm³/mol. The first-order chi connectivity index (χ1) is 7.93. The maximum absolute atomic E-state index is 8.96. The van der Waals surface area contributed by atoms with Gasteiger partial charge in [-0.05, 0) is 46.6 Å². The van der Waals surface area contributed by atoms with Crippen LogP contribution in [0, 0.1) is 0 Å². The first-order valence-corrected chi connectivity index (χ1v) is 5.88. The highest BCUT2D eigenvalue weighted by Crippen LogP contribution is 2.19. The number of allylic oxidation sites excluding steroid dienone is 6. The van der Waals surface area contributed by atoms with Crippen molar-refractivity contribution >= 4 is 0 Å². The van der Waals surface area contributed by atoms with Crippen LogP contribution in [0.5, 0.6) is 0 Å². The summed E-state index contributed by atoms with van der Waals surface area (Å²) >= 11 is 0. The minimum absolute atomic E-state index is 0.635. The lowest BCUT2D eigenvalue weighted by atomic mass is 9.98. The Morgan fingerprint density at radius 3 is 2.47 bits per heavy atom. The summed E-state index contributed by atoms with van der Waals surface area (Å²) in [6.07, 6.45) is 11.2. The van der Waals surface area contributed by atoms with Crippen molar-refractivity contribution in [2.75, 3.05) is 0 Å². The molecular formula is C15H24O2. The highest BCUT2D eigenvalue weighted by Gasteiger charge is 2.20. The first kappa shape index (κ1) is 15.9. The Balaban J connectivity index is 4.46. The van der Waals surface area contributed by atoms with E-state index in [1.165, 1.54) is 5.57 Å². The molecule has 0 saturated carbocycles. The zero-order chi connectivity index (χ0) is 13.3. The second kappa shape index (κ2) is 8.04. The van der Waals surface area contributed by atoms with Crippen LogP contribution in [0.4, 0.5) is 0 Å². The van der Waals surface area contributed by atoms with E-state index < -0.39 is 5.60 Å². The lowest BCUT2D eigenvalue weighted by Crippen LogP contribution is -2.24. The van der Waals surface area contributed by atoms with Crippen molar-refractivity contribution in [3.05, 3.63) is 48.1 Å². The van der Waals surface area contributed by atoms with Gasteiger partial charge >= 0.3 is 0 Å². The number of hydrogen-bond acceptors (Lipinski definition) is 2. The highest BCUT2D eigenvalue weighted by molar-refractivity contribution is 5.21. The van der Waals surface area contributed by atoms with Gasteiger partial charge < -0.3 is 0 Å². The van der Waals surface area contributed by atoms with Crippen molar-refractivity contribution < 1.29 is 10.1 Å². The molecule has 0 fully saturated rings. The molecule has 0 aliphatic rings. The van der Waals surface area contributed by atoms with Crippen LogP contribution >= 0.6 is 0 Å². The summed E-state index contributed by atoms with van der Waals surface area (Å²) in [4.78, 5) is 4.56. The molecule has 17 heavy (non-hydrogen) atoms. The topological polar surface area (TPSA) is 29.5 Å². The Morgan fingerprint density at radius 2 is 2.00 bits per heavy atom. The minimum Gasteiger partial charge on any atom is -0.251 e. The Bertz CT molecular complexity index is 320. The smallest absolute Gasteiger partial charge is 0.119 e. The van der Waals surface area contributed by atoms with Gasteiger partial charge in [-0.25, -0.2) is 4.89 Å². The normalized spacial score (nSPS) is 15.7. The maximum atomic E-state index is 8.96. The average molecular weight is 236 g/mol. The highest BCUT2D eigenvalue weighted by atomic mass is 17.1. The summed E-state index contributed by atoms with van der Waals surface area (Å²) in [5.41, 5.74) is 1.71. The van der Waals surface area contributed by atoms with E-state index in [1.54, 1.807) is 6.08 Å². The predicted octanol–water partition coefficient (Wildman–Crippen LogP) is 4.67. The van der Waals surface area contributed by atoms with Gasteiger partial charge in [0.15, 0.2) is 0 Å². The first-order valence-electron chi connectivity index (χ1n) is 5.88. The molecule has 0 heterocycles. The molecular weight excluding hydrogens is 212 g/mol. The van der Waals surface area contributed by atoms with E-state index in [0.29, 0.717) is 0 Å². The molecule has 0 bridgehead atoms. The Morgan fingerprint density at radius 1 is 1.35 bits per heavy atom. The van der Waals surface area contributed by atoms with Gasteiger partial charge in [-0.15, -0.1) is 0 Å². The summed E-state index contributed by atoms with van der Waals surface area (Å²) in [7, 11) is 0. The molecule has 0 aliphatic heterocycles. The van der Waals surface area contributed by atoms with Crippen LogP contribution in [0.1, 0.15) is 40.5 Å². The molecule has 0 saturated heterocycles. The molecule has 0 aromatic carbocycles. The summed E-state index contributed by atoms with van der Waals surface area (Å²) in [6, 6.07) is 0. The molecule has 2 heteroatoms. The van der Waals surface area contributed by atoms with Gasteiger partial charge in [-0.1, -0.05) is 42.0 Å². The second-order valence-corrected chi connectivity index (χ2v) is 4.70. The number of rotatable bonds is 7. The molecule has 0 aliphatic carbocycles. The van der Waals surface area contributed by atoms with Crippen molar-refractivity contribution in [2.24, 2.45) is 0 Å². The van der Waals surface area contributed by atoms with Crippen LogP contribution in [0.25, 0.3) is 0 Å². The molecule has 0 rings (SSSR count). The third-order valence-corrected chi connectivity index (χ3v) is 2.53. The van der Waals surface area contributed by atoms with E-state index in [0.717, 1.165) is 18.4 Å². The van der Waals surface area contributed by atoms with E-state index in [2.05, 4.69) is 31.4 Å². The van der Waals surface area contributed by atoms with E-state index in [9.17, 15) is 0 Å². The Kier molecular flexibility index (Phi) is 7.51. The zero-order valence-corrected chi connectivity index (χ0v) is 11.4. The summed E-state index contributed by atoms with van der Waals surface area (Å²) in [5.74, 6) is 0. The van der Waals surface area contributed by atoms with Crippen LogP contribution in [0.2, 0.25) is 0 Å². The summed E-state index contributed by atoms with van der Waals surface area (Å²) < 4.78 is 0. The zero-order valence-electron chi connectivity index (χ0n) is 11.4. The molecule has 2 nitrogen and oxygen atoms in total. The van der Waals surface area contributed by atoms with Crippen molar-refractivity contribution in [3.8, 4) is 0 Å². The van der Waals surface area contributed by atoms with E-state index in [-0.39, 0.29) is 0 Å². The third kappa shape index (κ3) is 7.72. The van der Waals surface area contributed by atoms with Crippen LogP contribution in [0.15, 0.2) is 48.1 Å². The fraction of sp³-hybridized carbons (Fsp3) is 0.467. The third-order valence-electron chi connectivity index (χ3n) is 2.53. The van der Waals surface area contributed by atoms with Gasteiger partial charge in [-0.3, -0.25) is 5.26 Å². The van der Waals surface area contributed by atoms with Gasteiger partial charge in [0.2, 0.25) is 0 Å². The molecule has 0 radical (unpaired) electrons. The Hall–Kier alpha value is -1.12. The van der Waals surface area contributed by atoms with E-state index in [1.807, 2.05) is 32.1 Å². The SMILES string of the molecule is C=C/C(C)=C\C=C\C(C)(CCC=C(C)C)OO. The average Bonchev–Trinajstić information content (AvgIpc) is 2.28. The van der Waals surface area contributed by atoms with Crippen molar-refractivity contribution in [1.82, 2.24) is 0 Å². The molecule has 96 valence electrons. The molecule has 0 amide bonds. The monoisotopic (exact) mass is 236 g/mol.